The quantitative estimate of drug-likeness (QED) is 0.643. The molecule has 0 bridgehead atoms. The minimum Gasteiger partial charge on any atom is -0.481 e. The molecular weight excluding hydrogens is 166 g/mol. The summed E-state index contributed by atoms with van der Waals surface area (Å²) < 4.78 is 5.07. The predicted octanol–water partition coefficient (Wildman–Crippen LogP) is 1.52. The summed E-state index contributed by atoms with van der Waals surface area (Å²) in [5.74, 6) is 1.18. The first kappa shape index (κ1) is 9.46. The molecule has 68 valence electrons. The lowest BCUT2D eigenvalue weighted by Crippen LogP contribution is -2.02. The fraction of sp³-hybridized carbons (Fsp3) is 0.444. The standard InChI is InChI=1S/C9H11N3O/c1-6-8(5-10-3)9(13-4)12-7(2)11-6/h5H2,1-2,4H3. The van der Waals surface area contributed by atoms with Crippen LogP contribution in [0.3, 0.4) is 0 Å². The van der Waals surface area contributed by atoms with Crippen LogP contribution in [0.1, 0.15) is 17.1 Å². The third-order valence-corrected chi connectivity index (χ3v) is 1.72. The molecule has 1 aromatic heterocycles. The zero-order chi connectivity index (χ0) is 9.84. The monoisotopic (exact) mass is 177 g/mol. The second kappa shape index (κ2) is 3.85. The second-order valence-electron chi connectivity index (χ2n) is 2.66. The molecule has 0 atom stereocenters. The molecular formula is C9H11N3O. The van der Waals surface area contributed by atoms with Gasteiger partial charge in [-0.15, -0.1) is 0 Å². The Labute approximate surface area is 77.4 Å². The van der Waals surface area contributed by atoms with Gasteiger partial charge in [0.1, 0.15) is 11.4 Å². The zero-order valence-corrected chi connectivity index (χ0v) is 7.96. The van der Waals surface area contributed by atoms with E-state index in [-0.39, 0.29) is 6.54 Å². The molecule has 1 aromatic rings. The van der Waals surface area contributed by atoms with E-state index in [4.69, 9.17) is 11.3 Å². The van der Waals surface area contributed by atoms with E-state index >= 15 is 0 Å². The van der Waals surface area contributed by atoms with Gasteiger partial charge in [-0.3, -0.25) is 0 Å². The maximum atomic E-state index is 6.78. The van der Waals surface area contributed by atoms with E-state index in [1.54, 1.807) is 14.0 Å². The maximum Gasteiger partial charge on any atom is 0.246 e. The fourth-order valence-corrected chi connectivity index (χ4v) is 1.13. The molecule has 0 unspecified atom stereocenters. The number of hydrogen-bond donors (Lipinski definition) is 0. The van der Waals surface area contributed by atoms with Crippen LogP contribution in [0.2, 0.25) is 0 Å². The van der Waals surface area contributed by atoms with Crippen LogP contribution < -0.4 is 4.74 Å². The highest BCUT2D eigenvalue weighted by Gasteiger charge is 2.12. The van der Waals surface area contributed by atoms with Crippen molar-refractivity contribution in [2.75, 3.05) is 7.11 Å². The molecule has 0 fully saturated rings. The second-order valence-corrected chi connectivity index (χ2v) is 2.66. The van der Waals surface area contributed by atoms with Gasteiger partial charge < -0.3 is 9.58 Å². The number of methoxy groups -OCH3 is 1. The minimum atomic E-state index is 0.273. The van der Waals surface area contributed by atoms with E-state index in [0.29, 0.717) is 11.7 Å². The average Bonchev–Trinajstić information content (AvgIpc) is 2.09. The average molecular weight is 177 g/mol. The van der Waals surface area contributed by atoms with Gasteiger partial charge >= 0.3 is 0 Å². The molecule has 0 N–H and O–H groups in total. The number of aryl methyl sites for hydroxylation is 2. The van der Waals surface area contributed by atoms with Crippen molar-refractivity contribution in [2.45, 2.75) is 20.4 Å². The highest BCUT2D eigenvalue weighted by atomic mass is 16.5. The van der Waals surface area contributed by atoms with Gasteiger partial charge in [0.15, 0.2) is 0 Å². The van der Waals surface area contributed by atoms with Crippen LogP contribution in [-0.2, 0) is 6.54 Å². The lowest BCUT2D eigenvalue weighted by atomic mass is 10.2. The van der Waals surface area contributed by atoms with Crippen molar-refractivity contribution in [2.24, 2.45) is 0 Å². The van der Waals surface area contributed by atoms with E-state index in [1.807, 2.05) is 6.92 Å². The van der Waals surface area contributed by atoms with E-state index in [0.717, 1.165) is 11.3 Å². The Morgan fingerprint density at radius 3 is 2.62 bits per heavy atom. The summed E-state index contributed by atoms with van der Waals surface area (Å²) in [5, 5.41) is 0. The van der Waals surface area contributed by atoms with Gasteiger partial charge in [-0.05, 0) is 13.8 Å². The highest BCUT2D eigenvalue weighted by Crippen LogP contribution is 2.18. The Morgan fingerprint density at radius 1 is 1.38 bits per heavy atom. The molecule has 13 heavy (non-hydrogen) atoms. The SMILES string of the molecule is [C-]#[N+]Cc1c(C)nc(C)nc1OC. The number of hydrogen-bond acceptors (Lipinski definition) is 3. The summed E-state index contributed by atoms with van der Waals surface area (Å²) in [4.78, 5) is 11.6. The number of nitrogens with zero attached hydrogens (tertiary/aromatic N) is 3. The smallest absolute Gasteiger partial charge is 0.246 e. The van der Waals surface area contributed by atoms with Crippen LogP contribution in [0.15, 0.2) is 0 Å². The van der Waals surface area contributed by atoms with E-state index in [1.165, 1.54) is 0 Å². The third-order valence-electron chi connectivity index (χ3n) is 1.72. The van der Waals surface area contributed by atoms with Gasteiger partial charge in [0.25, 0.3) is 0 Å². The van der Waals surface area contributed by atoms with Crippen LogP contribution in [0.5, 0.6) is 5.88 Å². The topological polar surface area (TPSA) is 39.4 Å². The van der Waals surface area contributed by atoms with E-state index in [2.05, 4.69) is 14.8 Å². The Bertz CT molecular complexity index is 355. The Morgan fingerprint density at radius 2 is 2.08 bits per heavy atom. The van der Waals surface area contributed by atoms with Crippen molar-refractivity contribution in [3.63, 3.8) is 0 Å². The normalized spacial score (nSPS) is 9.38. The predicted molar refractivity (Wildman–Crippen MR) is 48.4 cm³/mol. The molecule has 0 saturated heterocycles. The molecule has 0 radical (unpaired) electrons. The highest BCUT2D eigenvalue weighted by molar-refractivity contribution is 5.31. The molecule has 0 aliphatic heterocycles. The van der Waals surface area contributed by atoms with E-state index < -0.39 is 0 Å². The van der Waals surface area contributed by atoms with Gasteiger partial charge in [0.05, 0.1) is 12.8 Å². The molecule has 1 heterocycles. The lowest BCUT2D eigenvalue weighted by molar-refractivity contribution is 0.390. The summed E-state index contributed by atoms with van der Waals surface area (Å²) in [6.45, 7) is 10.7. The number of rotatable bonds is 2. The molecule has 0 aliphatic carbocycles. The largest absolute Gasteiger partial charge is 0.481 e. The first-order valence-electron chi connectivity index (χ1n) is 3.90. The summed E-state index contributed by atoms with van der Waals surface area (Å²) in [7, 11) is 1.55. The van der Waals surface area contributed by atoms with Crippen LogP contribution in [-0.4, -0.2) is 17.1 Å². The van der Waals surface area contributed by atoms with Gasteiger partial charge in [0, 0.05) is 0 Å². The molecule has 0 spiro atoms. The van der Waals surface area contributed by atoms with Crippen LogP contribution in [0.4, 0.5) is 0 Å². The van der Waals surface area contributed by atoms with Crippen molar-refractivity contribution in [3.05, 3.63) is 28.5 Å². The van der Waals surface area contributed by atoms with Gasteiger partial charge in [0.2, 0.25) is 12.4 Å². The summed E-state index contributed by atoms with van der Waals surface area (Å²) in [5.41, 5.74) is 1.60. The summed E-state index contributed by atoms with van der Waals surface area (Å²) in [6, 6.07) is 0. The first-order chi connectivity index (χ1) is 6.19. The first-order valence-corrected chi connectivity index (χ1v) is 3.90. The van der Waals surface area contributed by atoms with Crippen molar-refractivity contribution >= 4 is 0 Å². The van der Waals surface area contributed by atoms with Crippen molar-refractivity contribution in [3.8, 4) is 5.88 Å². The van der Waals surface area contributed by atoms with Gasteiger partial charge in [-0.25, -0.2) is 11.6 Å². The number of aromatic nitrogens is 2. The van der Waals surface area contributed by atoms with Gasteiger partial charge in [-0.2, -0.15) is 4.98 Å². The fourth-order valence-electron chi connectivity index (χ4n) is 1.13. The van der Waals surface area contributed by atoms with Crippen molar-refractivity contribution in [1.29, 1.82) is 0 Å². The maximum absolute atomic E-state index is 6.78. The van der Waals surface area contributed by atoms with Crippen molar-refractivity contribution in [1.82, 2.24) is 9.97 Å². The van der Waals surface area contributed by atoms with Crippen LogP contribution in [0.25, 0.3) is 4.85 Å². The Balaban J connectivity index is 3.23. The Hall–Kier alpha value is -1.63. The van der Waals surface area contributed by atoms with Gasteiger partial charge in [-0.1, -0.05) is 0 Å². The van der Waals surface area contributed by atoms with E-state index in [9.17, 15) is 0 Å². The molecule has 4 nitrogen and oxygen atoms in total. The van der Waals surface area contributed by atoms with Crippen LogP contribution >= 0.6 is 0 Å². The van der Waals surface area contributed by atoms with Crippen molar-refractivity contribution < 1.29 is 4.74 Å². The number of ether oxygens (including phenoxy) is 1. The Kier molecular flexibility index (Phi) is 2.80. The minimum absolute atomic E-state index is 0.273. The lowest BCUT2D eigenvalue weighted by Gasteiger charge is -2.05. The zero-order valence-electron chi connectivity index (χ0n) is 7.96. The molecule has 0 amide bonds. The third kappa shape index (κ3) is 1.94. The molecule has 4 heteroatoms. The summed E-state index contributed by atoms with van der Waals surface area (Å²) in [6.07, 6.45) is 0. The molecule has 0 aromatic carbocycles. The molecule has 0 aliphatic rings. The molecule has 0 saturated carbocycles. The molecule has 1 rings (SSSR count). The summed E-state index contributed by atoms with van der Waals surface area (Å²) >= 11 is 0. The van der Waals surface area contributed by atoms with Crippen LogP contribution in [0, 0.1) is 20.4 Å².